The van der Waals surface area contributed by atoms with Crippen LogP contribution in [0.4, 0.5) is 10.1 Å². The molecular formula is C28H25ClFN3O3S. The minimum absolute atomic E-state index is 0.194. The van der Waals surface area contributed by atoms with Gasteiger partial charge < -0.3 is 25.2 Å². The van der Waals surface area contributed by atoms with Crippen molar-refractivity contribution in [3.8, 4) is 5.75 Å². The zero-order valence-corrected chi connectivity index (χ0v) is 21.3. The lowest BCUT2D eigenvalue weighted by molar-refractivity contribution is 0.160. The SMILES string of the molecule is OCC(O)S1=C2C(=C(Nc3ccc(OCc4cccc(F)c4)c(Cl)c3)N=CN2Cc2ccccc2)C=C1. The molecule has 3 N–H and O–H groups in total. The normalized spacial score (nSPS) is 17.2. The first-order chi connectivity index (χ1) is 18.0. The third-order valence-electron chi connectivity index (χ3n) is 5.80. The van der Waals surface area contributed by atoms with Gasteiger partial charge in [0.25, 0.3) is 0 Å². The van der Waals surface area contributed by atoms with Crippen molar-refractivity contribution in [1.29, 1.82) is 0 Å². The van der Waals surface area contributed by atoms with Gasteiger partial charge in [-0.3, -0.25) is 0 Å². The number of anilines is 1. The Bertz CT molecular complexity index is 1430. The van der Waals surface area contributed by atoms with Crippen molar-refractivity contribution in [2.45, 2.75) is 18.6 Å². The summed E-state index contributed by atoms with van der Waals surface area (Å²) in [5.74, 6) is 0.777. The van der Waals surface area contributed by atoms with E-state index in [-0.39, 0.29) is 19.0 Å². The maximum atomic E-state index is 13.4. The van der Waals surface area contributed by atoms with Gasteiger partial charge in [-0.05, 0) is 52.9 Å². The summed E-state index contributed by atoms with van der Waals surface area (Å²) in [6.07, 6.45) is 3.66. The van der Waals surface area contributed by atoms with Crippen LogP contribution in [0.15, 0.2) is 101 Å². The molecule has 0 bridgehead atoms. The lowest BCUT2D eigenvalue weighted by atomic mass is 10.1. The van der Waals surface area contributed by atoms with E-state index in [0.29, 0.717) is 34.4 Å². The van der Waals surface area contributed by atoms with Crippen LogP contribution < -0.4 is 10.1 Å². The second kappa shape index (κ2) is 11.3. The number of nitrogens with zero attached hydrogens (tertiary/aromatic N) is 2. The third kappa shape index (κ3) is 5.78. The number of hydrogen-bond acceptors (Lipinski definition) is 6. The summed E-state index contributed by atoms with van der Waals surface area (Å²) >= 11 is 6.47. The van der Waals surface area contributed by atoms with E-state index in [1.807, 2.05) is 52.8 Å². The summed E-state index contributed by atoms with van der Waals surface area (Å²) in [6.45, 7) is 0.443. The molecule has 37 heavy (non-hydrogen) atoms. The van der Waals surface area contributed by atoms with Gasteiger partial charge >= 0.3 is 0 Å². The average Bonchev–Trinajstić information content (AvgIpc) is 3.36. The predicted molar refractivity (Wildman–Crippen MR) is 148 cm³/mol. The molecule has 5 rings (SSSR count). The molecule has 3 aromatic rings. The highest BCUT2D eigenvalue weighted by atomic mass is 35.5. The lowest BCUT2D eigenvalue weighted by Gasteiger charge is -2.29. The molecule has 2 aliphatic heterocycles. The van der Waals surface area contributed by atoms with Gasteiger partial charge in [0.1, 0.15) is 29.4 Å². The Balaban J connectivity index is 1.36. The van der Waals surface area contributed by atoms with Crippen LogP contribution in [-0.2, 0) is 13.2 Å². The highest BCUT2D eigenvalue weighted by Crippen LogP contribution is 2.38. The Morgan fingerprint density at radius 3 is 2.62 bits per heavy atom. The monoisotopic (exact) mass is 537 g/mol. The fourth-order valence-electron chi connectivity index (χ4n) is 4.04. The minimum Gasteiger partial charge on any atom is -0.487 e. The van der Waals surface area contributed by atoms with Crippen LogP contribution in [0.2, 0.25) is 5.02 Å². The van der Waals surface area contributed by atoms with Crippen molar-refractivity contribution in [2.24, 2.45) is 4.99 Å². The van der Waals surface area contributed by atoms with Gasteiger partial charge in [0.2, 0.25) is 0 Å². The fraction of sp³-hybridized carbons (Fsp3) is 0.143. The number of nitrogens with one attached hydrogen (secondary N) is 1. The molecule has 0 radical (unpaired) electrons. The number of aliphatic hydroxyl groups excluding tert-OH is 2. The zero-order chi connectivity index (χ0) is 25.8. The van der Waals surface area contributed by atoms with E-state index >= 15 is 0 Å². The van der Waals surface area contributed by atoms with Crippen molar-refractivity contribution in [2.75, 3.05) is 11.9 Å². The molecule has 6 nitrogen and oxygen atoms in total. The molecule has 2 unspecified atom stereocenters. The lowest BCUT2D eigenvalue weighted by Crippen LogP contribution is -2.34. The smallest absolute Gasteiger partial charge is 0.142 e. The Hall–Kier alpha value is -3.43. The number of aliphatic imine (C=N–C) groups is 1. The summed E-state index contributed by atoms with van der Waals surface area (Å²) in [5.41, 5.74) is 2.46. The Morgan fingerprint density at radius 1 is 1.05 bits per heavy atom. The largest absolute Gasteiger partial charge is 0.487 e. The average molecular weight is 538 g/mol. The molecule has 2 atom stereocenters. The Morgan fingerprint density at radius 2 is 1.86 bits per heavy atom. The van der Waals surface area contributed by atoms with Gasteiger partial charge in [-0.2, -0.15) is 0 Å². The van der Waals surface area contributed by atoms with Gasteiger partial charge in [0.05, 0.1) is 23.0 Å². The van der Waals surface area contributed by atoms with E-state index in [1.54, 1.807) is 30.6 Å². The van der Waals surface area contributed by atoms with E-state index in [2.05, 4.69) is 10.3 Å². The second-order valence-corrected chi connectivity index (χ2v) is 10.8. The third-order valence-corrected chi connectivity index (χ3v) is 8.16. The number of hydrogen-bond donors (Lipinski definition) is 3. The standard InChI is InChI=1S/C28H25ClFN3O3S/c29-24-14-22(9-10-25(24)36-17-20-7-4-8-21(30)13-20)32-27-23-11-12-37(26(35)16-34)28(23)33(18-31-27)15-19-5-2-1-3-6-19/h1-14,18,26,32,34-35H,15-17H2. The molecule has 2 heterocycles. The van der Waals surface area contributed by atoms with E-state index in [4.69, 9.17) is 16.3 Å². The first kappa shape index (κ1) is 25.2. The topological polar surface area (TPSA) is 77.3 Å². The molecular weight excluding hydrogens is 513 g/mol. The maximum Gasteiger partial charge on any atom is 0.142 e. The molecule has 3 aromatic carbocycles. The van der Waals surface area contributed by atoms with Gasteiger partial charge in [-0.15, -0.1) is 10.5 Å². The van der Waals surface area contributed by atoms with Crippen LogP contribution >= 0.6 is 22.1 Å². The Kier molecular flexibility index (Phi) is 7.71. The quantitative estimate of drug-likeness (QED) is 0.316. The highest BCUT2D eigenvalue weighted by molar-refractivity contribution is 8.19. The van der Waals surface area contributed by atoms with Crippen molar-refractivity contribution in [1.82, 2.24) is 4.90 Å². The molecule has 0 amide bonds. The highest BCUT2D eigenvalue weighted by Gasteiger charge is 2.29. The second-order valence-electron chi connectivity index (χ2n) is 8.43. The minimum atomic E-state index is -0.904. The number of rotatable bonds is 9. The molecule has 0 aromatic heterocycles. The summed E-state index contributed by atoms with van der Waals surface area (Å²) in [4.78, 5) is 7.55. The first-order valence-corrected chi connectivity index (χ1v) is 13.3. The van der Waals surface area contributed by atoms with Crippen molar-refractivity contribution >= 4 is 39.1 Å². The van der Waals surface area contributed by atoms with Gasteiger partial charge in [0.15, 0.2) is 0 Å². The summed E-state index contributed by atoms with van der Waals surface area (Å²) in [6, 6.07) is 21.5. The van der Waals surface area contributed by atoms with Gasteiger partial charge in [0, 0.05) is 17.8 Å². The maximum absolute atomic E-state index is 13.4. The zero-order valence-electron chi connectivity index (χ0n) is 19.7. The van der Waals surface area contributed by atoms with E-state index in [1.165, 1.54) is 12.1 Å². The van der Waals surface area contributed by atoms with Gasteiger partial charge in [-0.1, -0.05) is 54.1 Å². The molecule has 190 valence electrons. The molecule has 0 aliphatic carbocycles. The van der Waals surface area contributed by atoms with Crippen LogP contribution in [-0.4, -0.2) is 38.5 Å². The van der Waals surface area contributed by atoms with Crippen molar-refractivity contribution < 1.29 is 19.3 Å². The number of halogens is 2. The summed E-state index contributed by atoms with van der Waals surface area (Å²) in [7, 11) is -0.696. The number of benzene rings is 3. The number of aliphatic hydroxyl groups is 2. The summed E-state index contributed by atoms with van der Waals surface area (Å²) in [5, 5.41) is 25.8. The van der Waals surface area contributed by atoms with Crippen molar-refractivity contribution in [3.05, 3.63) is 118 Å². The predicted octanol–water partition coefficient (Wildman–Crippen LogP) is 5.46. The van der Waals surface area contributed by atoms with Crippen LogP contribution in [0.5, 0.6) is 5.75 Å². The van der Waals surface area contributed by atoms with Crippen LogP contribution in [0.1, 0.15) is 11.1 Å². The van der Waals surface area contributed by atoms with E-state index in [0.717, 1.165) is 16.1 Å². The van der Waals surface area contributed by atoms with Crippen LogP contribution in [0.25, 0.3) is 0 Å². The number of ether oxygens (including phenoxy) is 1. The summed E-state index contributed by atoms with van der Waals surface area (Å²) < 4.78 is 19.2. The van der Waals surface area contributed by atoms with Crippen molar-refractivity contribution in [3.63, 3.8) is 0 Å². The number of fused-ring (bicyclic) bond motifs is 1. The van der Waals surface area contributed by atoms with E-state index in [9.17, 15) is 14.6 Å². The molecule has 0 saturated carbocycles. The molecule has 0 spiro atoms. The van der Waals surface area contributed by atoms with Crippen LogP contribution in [0, 0.1) is 5.82 Å². The van der Waals surface area contributed by atoms with E-state index < -0.39 is 15.9 Å². The fourth-order valence-corrected chi connectivity index (χ4v) is 6.08. The molecule has 2 aliphatic rings. The first-order valence-electron chi connectivity index (χ1n) is 11.6. The van der Waals surface area contributed by atoms with Gasteiger partial charge in [-0.25, -0.2) is 9.38 Å². The Labute approximate surface area is 221 Å². The van der Waals surface area contributed by atoms with Crippen LogP contribution in [0.3, 0.4) is 0 Å². The molecule has 0 saturated heterocycles. The molecule has 0 fully saturated rings. The molecule has 9 heteroatoms.